The summed E-state index contributed by atoms with van der Waals surface area (Å²) in [6.45, 7) is 2.08. The lowest BCUT2D eigenvalue weighted by molar-refractivity contribution is 0.251. The molecule has 4 nitrogen and oxygen atoms in total. The third-order valence-electron chi connectivity index (χ3n) is 3.75. The first-order valence-electron chi connectivity index (χ1n) is 7.43. The Morgan fingerprint density at radius 2 is 1.96 bits per heavy atom. The van der Waals surface area contributed by atoms with E-state index >= 15 is 0 Å². The quantitative estimate of drug-likeness (QED) is 0.660. The summed E-state index contributed by atoms with van der Waals surface area (Å²) in [4.78, 5) is 13.1. The van der Waals surface area contributed by atoms with Crippen LogP contribution in [0.1, 0.15) is 11.3 Å². The van der Waals surface area contributed by atoms with Crippen LogP contribution in [-0.2, 0) is 6.54 Å². The molecule has 0 bridgehead atoms. The van der Waals surface area contributed by atoms with Crippen molar-refractivity contribution in [3.05, 3.63) is 59.6 Å². The molecule has 0 saturated carbocycles. The Balaban J connectivity index is 1.64. The fraction of sp³-hybridized carbons (Fsp3) is 0.167. The molecule has 24 heavy (non-hydrogen) atoms. The average Bonchev–Trinajstić information content (AvgIpc) is 2.89. The summed E-state index contributed by atoms with van der Waals surface area (Å²) in [5.41, 5.74) is 2.15. The molecular formula is C18H17FN2O2S. The van der Waals surface area contributed by atoms with Gasteiger partial charge in [0.25, 0.3) is 0 Å². The van der Waals surface area contributed by atoms with E-state index in [0.29, 0.717) is 17.0 Å². The topological polar surface area (TPSA) is 54.3 Å². The van der Waals surface area contributed by atoms with Gasteiger partial charge in [0.15, 0.2) is 0 Å². The van der Waals surface area contributed by atoms with Gasteiger partial charge < -0.3 is 15.1 Å². The molecule has 6 heteroatoms. The Bertz CT molecular complexity index is 875. The van der Waals surface area contributed by atoms with Crippen LogP contribution in [0.5, 0.6) is 0 Å². The fourth-order valence-corrected chi connectivity index (χ4v) is 2.83. The number of aryl methyl sites for hydroxylation is 1. The standard InChI is InChI=1S/C18H17FN2O2S/c1-11-15-9-12(19)3-8-16(15)23-17(11)10-20-18(22)21-13-4-6-14(24-2)7-5-13/h3-9H,10H2,1-2H3,(H2,20,21,22). The molecule has 0 radical (unpaired) electrons. The summed E-state index contributed by atoms with van der Waals surface area (Å²) in [5.74, 6) is 0.306. The zero-order valence-electron chi connectivity index (χ0n) is 13.4. The maximum Gasteiger partial charge on any atom is 0.319 e. The molecule has 3 aromatic rings. The summed E-state index contributed by atoms with van der Waals surface area (Å²) in [5, 5.41) is 6.24. The van der Waals surface area contributed by atoms with Gasteiger partial charge in [0, 0.05) is 21.5 Å². The van der Waals surface area contributed by atoms with Crippen LogP contribution in [0.25, 0.3) is 11.0 Å². The highest BCUT2D eigenvalue weighted by molar-refractivity contribution is 7.98. The summed E-state index contributed by atoms with van der Waals surface area (Å²) in [6.07, 6.45) is 2.00. The van der Waals surface area contributed by atoms with Crippen molar-refractivity contribution < 1.29 is 13.6 Å². The first-order chi connectivity index (χ1) is 11.6. The lowest BCUT2D eigenvalue weighted by Gasteiger charge is -2.07. The predicted molar refractivity (Wildman–Crippen MR) is 95.0 cm³/mol. The highest BCUT2D eigenvalue weighted by atomic mass is 32.2. The third-order valence-corrected chi connectivity index (χ3v) is 4.50. The Kier molecular flexibility index (Phi) is 4.76. The second kappa shape index (κ2) is 6.97. The molecule has 2 N–H and O–H groups in total. The largest absolute Gasteiger partial charge is 0.459 e. The number of benzene rings is 2. The minimum absolute atomic E-state index is 0.233. The number of amides is 2. The number of hydrogen-bond acceptors (Lipinski definition) is 3. The molecule has 124 valence electrons. The lowest BCUT2D eigenvalue weighted by atomic mass is 10.1. The number of carbonyl (C=O) groups excluding carboxylic acids is 1. The Labute approximate surface area is 143 Å². The van der Waals surface area contributed by atoms with Gasteiger partial charge in [0.1, 0.15) is 17.2 Å². The molecule has 0 fully saturated rings. The molecule has 2 amide bonds. The van der Waals surface area contributed by atoms with Crippen LogP contribution in [0.4, 0.5) is 14.9 Å². The van der Waals surface area contributed by atoms with Gasteiger partial charge in [-0.2, -0.15) is 0 Å². The monoisotopic (exact) mass is 344 g/mol. The van der Waals surface area contributed by atoms with Crippen molar-refractivity contribution in [2.75, 3.05) is 11.6 Å². The molecule has 0 aliphatic rings. The predicted octanol–water partition coefficient (Wildman–Crippen LogP) is 4.92. The molecule has 0 spiro atoms. The van der Waals surface area contributed by atoms with Crippen molar-refractivity contribution in [2.45, 2.75) is 18.4 Å². The Morgan fingerprint density at radius 1 is 1.21 bits per heavy atom. The number of urea groups is 1. The molecule has 0 aliphatic heterocycles. The summed E-state index contributed by atoms with van der Waals surface area (Å²) < 4.78 is 19.0. The van der Waals surface area contributed by atoms with Crippen molar-refractivity contribution in [3.8, 4) is 0 Å². The van der Waals surface area contributed by atoms with E-state index in [1.807, 2.05) is 37.4 Å². The number of fused-ring (bicyclic) bond motifs is 1. The first-order valence-corrected chi connectivity index (χ1v) is 8.65. The third kappa shape index (κ3) is 3.54. The molecule has 1 heterocycles. The van der Waals surface area contributed by atoms with Gasteiger partial charge in [-0.1, -0.05) is 0 Å². The van der Waals surface area contributed by atoms with E-state index in [-0.39, 0.29) is 18.4 Å². The Morgan fingerprint density at radius 3 is 2.67 bits per heavy atom. The molecule has 0 aliphatic carbocycles. The van der Waals surface area contributed by atoms with Crippen LogP contribution >= 0.6 is 11.8 Å². The van der Waals surface area contributed by atoms with E-state index in [4.69, 9.17) is 4.42 Å². The number of halogens is 1. The van der Waals surface area contributed by atoms with Crippen LogP contribution in [-0.4, -0.2) is 12.3 Å². The van der Waals surface area contributed by atoms with E-state index in [1.54, 1.807) is 17.8 Å². The molecule has 0 saturated heterocycles. The van der Waals surface area contributed by atoms with E-state index in [2.05, 4.69) is 10.6 Å². The number of anilines is 1. The summed E-state index contributed by atoms with van der Waals surface area (Å²) >= 11 is 1.64. The zero-order valence-corrected chi connectivity index (χ0v) is 14.2. The normalized spacial score (nSPS) is 10.8. The highest BCUT2D eigenvalue weighted by Gasteiger charge is 2.12. The van der Waals surface area contributed by atoms with Gasteiger partial charge in [0.2, 0.25) is 0 Å². The Hall–Kier alpha value is -2.47. The van der Waals surface area contributed by atoms with Crippen LogP contribution in [0.2, 0.25) is 0 Å². The van der Waals surface area contributed by atoms with Crippen molar-refractivity contribution >= 4 is 34.4 Å². The number of thioether (sulfide) groups is 1. The van der Waals surface area contributed by atoms with E-state index < -0.39 is 0 Å². The minimum Gasteiger partial charge on any atom is -0.459 e. The number of nitrogens with one attached hydrogen (secondary N) is 2. The van der Waals surface area contributed by atoms with Gasteiger partial charge in [-0.3, -0.25) is 0 Å². The van der Waals surface area contributed by atoms with Gasteiger partial charge in [-0.15, -0.1) is 11.8 Å². The van der Waals surface area contributed by atoms with E-state index in [0.717, 1.165) is 15.8 Å². The number of hydrogen-bond donors (Lipinski definition) is 2. The van der Waals surface area contributed by atoms with Gasteiger partial charge in [-0.05, 0) is 55.6 Å². The average molecular weight is 344 g/mol. The van der Waals surface area contributed by atoms with Crippen LogP contribution in [0.15, 0.2) is 51.8 Å². The number of furan rings is 1. The second-order valence-corrected chi connectivity index (χ2v) is 6.21. The fourth-order valence-electron chi connectivity index (χ4n) is 2.42. The number of carbonyl (C=O) groups is 1. The molecular weight excluding hydrogens is 327 g/mol. The first kappa shape index (κ1) is 16.4. The van der Waals surface area contributed by atoms with E-state index in [9.17, 15) is 9.18 Å². The maximum absolute atomic E-state index is 13.3. The van der Waals surface area contributed by atoms with Crippen LogP contribution < -0.4 is 10.6 Å². The van der Waals surface area contributed by atoms with Crippen molar-refractivity contribution in [2.24, 2.45) is 0 Å². The maximum atomic E-state index is 13.3. The van der Waals surface area contributed by atoms with Crippen LogP contribution in [0, 0.1) is 12.7 Å². The summed E-state index contributed by atoms with van der Waals surface area (Å²) in [6, 6.07) is 11.6. The van der Waals surface area contributed by atoms with Gasteiger partial charge in [-0.25, -0.2) is 9.18 Å². The molecule has 0 atom stereocenters. The van der Waals surface area contributed by atoms with Gasteiger partial charge >= 0.3 is 6.03 Å². The highest BCUT2D eigenvalue weighted by Crippen LogP contribution is 2.26. The van der Waals surface area contributed by atoms with E-state index in [1.165, 1.54) is 12.1 Å². The number of rotatable bonds is 4. The van der Waals surface area contributed by atoms with Crippen molar-refractivity contribution in [1.29, 1.82) is 0 Å². The molecule has 2 aromatic carbocycles. The molecule has 3 rings (SSSR count). The lowest BCUT2D eigenvalue weighted by Crippen LogP contribution is -2.28. The smallest absolute Gasteiger partial charge is 0.319 e. The van der Waals surface area contributed by atoms with Crippen molar-refractivity contribution in [1.82, 2.24) is 5.32 Å². The molecule has 1 aromatic heterocycles. The summed E-state index contributed by atoms with van der Waals surface area (Å²) in [7, 11) is 0. The molecule has 0 unspecified atom stereocenters. The second-order valence-electron chi connectivity index (χ2n) is 5.33. The van der Waals surface area contributed by atoms with Gasteiger partial charge in [0.05, 0.1) is 6.54 Å². The van der Waals surface area contributed by atoms with Crippen molar-refractivity contribution in [3.63, 3.8) is 0 Å². The van der Waals surface area contributed by atoms with Crippen LogP contribution in [0.3, 0.4) is 0 Å². The zero-order chi connectivity index (χ0) is 17.1. The SMILES string of the molecule is CSc1ccc(NC(=O)NCc2oc3ccc(F)cc3c2C)cc1. The minimum atomic E-state index is -0.321.